The molecular formula is C22H27ClO6. The second-order valence-electron chi connectivity index (χ2n) is 7.02. The summed E-state index contributed by atoms with van der Waals surface area (Å²) < 4.78 is 5.50. The van der Waals surface area contributed by atoms with Crippen LogP contribution in [0, 0.1) is 11.8 Å². The van der Waals surface area contributed by atoms with Gasteiger partial charge in [-0.2, -0.15) is 0 Å². The molecule has 7 heteroatoms. The maximum atomic E-state index is 10.5. The fourth-order valence-electron chi connectivity index (χ4n) is 3.32. The Hall–Kier alpha value is -2.12. The third-order valence-electron chi connectivity index (χ3n) is 4.77. The molecule has 0 amide bonds. The van der Waals surface area contributed by atoms with Crippen molar-refractivity contribution in [3.05, 3.63) is 65.7 Å². The van der Waals surface area contributed by atoms with Crippen LogP contribution in [0.2, 0.25) is 5.02 Å². The van der Waals surface area contributed by atoms with Gasteiger partial charge in [-0.15, -0.1) is 0 Å². The standard InChI is InChI=1S/C22H27ClO6/c23-15-6-5-7-17(12-15)29-14-16(24)10-11-19-18(20(25)13-21(19)26)8-3-1-2-4-9-22(27)28/h1-7,10-12,16,18-21,24-26H,8-9,13-14H2,(H,27,28)/b3-1-,4-2+,11-10+/t16-,18-,19-,20+,21-/m1/s1. The molecule has 0 aromatic heterocycles. The van der Waals surface area contributed by atoms with Crippen LogP contribution in [-0.4, -0.2) is 51.3 Å². The number of rotatable bonds is 10. The molecule has 1 saturated carbocycles. The number of carbonyl (C=O) groups is 1. The molecule has 0 saturated heterocycles. The first-order valence-electron chi connectivity index (χ1n) is 9.51. The first kappa shape index (κ1) is 23.2. The summed E-state index contributed by atoms with van der Waals surface area (Å²) in [6.45, 7) is 0.0428. The Bertz CT molecular complexity index is 745. The highest BCUT2D eigenvalue weighted by Gasteiger charge is 2.39. The Kier molecular flexibility index (Phi) is 9.41. The van der Waals surface area contributed by atoms with Crippen LogP contribution >= 0.6 is 11.6 Å². The number of aliphatic hydroxyl groups excluding tert-OH is 3. The minimum absolute atomic E-state index is 0.0428. The first-order chi connectivity index (χ1) is 13.9. The number of aliphatic carboxylic acids is 1. The van der Waals surface area contributed by atoms with Gasteiger partial charge in [-0.3, -0.25) is 4.79 Å². The van der Waals surface area contributed by atoms with Crippen LogP contribution in [0.5, 0.6) is 5.75 Å². The highest BCUT2D eigenvalue weighted by molar-refractivity contribution is 6.30. The van der Waals surface area contributed by atoms with E-state index in [-0.39, 0.29) is 31.3 Å². The number of carboxylic acid groups (broad SMARTS) is 1. The summed E-state index contributed by atoms with van der Waals surface area (Å²) in [4.78, 5) is 10.5. The van der Waals surface area contributed by atoms with Gasteiger partial charge in [-0.1, -0.05) is 54.1 Å². The molecule has 158 valence electrons. The van der Waals surface area contributed by atoms with Crippen molar-refractivity contribution in [2.24, 2.45) is 11.8 Å². The summed E-state index contributed by atoms with van der Waals surface area (Å²) in [5.41, 5.74) is 0. The smallest absolute Gasteiger partial charge is 0.307 e. The van der Waals surface area contributed by atoms with Gasteiger partial charge < -0.3 is 25.2 Å². The molecule has 29 heavy (non-hydrogen) atoms. The molecule has 5 atom stereocenters. The highest BCUT2D eigenvalue weighted by atomic mass is 35.5. The maximum Gasteiger partial charge on any atom is 0.307 e. The largest absolute Gasteiger partial charge is 0.491 e. The SMILES string of the molecule is O=C(O)C/C=C/C=C\C[C@@H]1[C@@H](/C=C/[C@@H](O)COc2cccc(Cl)c2)[C@H](O)C[C@@H]1O. The monoisotopic (exact) mass is 422 g/mol. The van der Waals surface area contributed by atoms with Crippen molar-refractivity contribution >= 4 is 17.6 Å². The van der Waals surface area contributed by atoms with E-state index in [2.05, 4.69) is 0 Å². The van der Waals surface area contributed by atoms with E-state index in [9.17, 15) is 20.1 Å². The Balaban J connectivity index is 1.87. The van der Waals surface area contributed by atoms with Gasteiger partial charge in [0.15, 0.2) is 0 Å². The number of hydrogen-bond acceptors (Lipinski definition) is 5. The van der Waals surface area contributed by atoms with Crippen molar-refractivity contribution in [2.45, 2.75) is 37.6 Å². The van der Waals surface area contributed by atoms with Gasteiger partial charge in [0, 0.05) is 17.4 Å². The van der Waals surface area contributed by atoms with Crippen molar-refractivity contribution < 1.29 is 30.0 Å². The molecule has 0 radical (unpaired) electrons. The summed E-state index contributed by atoms with van der Waals surface area (Å²) >= 11 is 5.89. The molecular weight excluding hydrogens is 396 g/mol. The first-order valence-corrected chi connectivity index (χ1v) is 9.89. The molecule has 0 aliphatic heterocycles. The van der Waals surface area contributed by atoms with E-state index in [0.717, 1.165) is 0 Å². The van der Waals surface area contributed by atoms with Crippen molar-refractivity contribution in [1.29, 1.82) is 0 Å². The summed E-state index contributed by atoms with van der Waals surface area (Å²) in [6, 6.07) is 6.88. The Morgan fingerprint density at radius 3 is 2.72 bits per heavy atom. The maximum absolute atomic E-state index is 10.5. The second kappa shape index (κ2) is 11.8. The van der Waals surface area contributed by atoms with Crippen LogP contribution in [0.15, 0.2) is 60.7 Å². The molecule has 2 rings (SSSR count). The molecule has 1 aromatic rings. The minimum Gasteiger partial charge on any atom is -0.491 e. The van der Waals surface area contributed by atoms with Gasteiger partial charge in [-0.25, -0.2) is 0 Å². The molecule has 0 spiro atoms. The third kappa shape index (κ3) is 8.03. The van der Waals surface area contributed by atoms with E-state index in [1.165, 1.54) is 6.08 Å². The number of hydrogen-bond donors (Lipinski definition) is 4. The van der Waals surface area contributed by atoms with Crippen LogP contribution in [0.4, 0.5) is 0 Å². The summed E-state index contributed by atoms with van der Waals surface area (Å²) in [7, 11) is 0. The van der Waals surface area contributed by atoms with Crippen molar-refractivity contribution in [3.63, 3.8) is 0 Å². The van der Waals surface area contributed by atoms with Gasteiger partial charge >= 0.3 is 5.97 Å². The normalized spacial score (nSPS) is 25.9. The van der Waals surface area contributed by atoms with Gasteiger partial charge in [0.2, 0.25) is 0 Å². The van der Waals surface area contributed by atoms with Gasteiger partial charge in [0.25, 0.3) is 0 Å². The fraction of sp³-hybridized carbons (Fsp3) is 0.409. The lowest BCUT2D eigenvalue weighted by atomic mass is 9.90. The molecule has 0 unspecified atom stereocenters. The predicted octanol–water partition coefficient (Wildman–Crippen LogP) is 2.97. The number of aliphatic hydroxyl groups is 3. The second-order valence-corrected chi connectivity index (χ2v) is 7.46. The van der Waals surface area contributed by atoms with Crippen molar-refractivity contribution in [3.8, 4) is 5.75 Å². The molecule has 6 nitrogen and oxygen atoms in total. The lowest BCUT2D eigenvalue weighted by Gasteiger charge is -2.19. The zero-order valence-electron chi connectivity index (χ0n) is 16.0. The minimum atomic E-state index is -0.896. The van der Waals surface area contributed by atoms with Crippen LogP contribution in [0.25, 0.3) is 0 Å². The van der Waals surface area contributed by atoms with Gasteiger partial charge in [0.1, 0.15) is 18.5 Å². The van der Waals surface area contributed by atoms with Gasteiger partial charge in [0.05, 0.1) is 18.6 Å². The molecule has 1 aromatic carbocycles. The third-order valence-corrected chi connectivity index (χ3v) is 5.01. The lowest BCUT2D eigenvalue weighted by molar-refractivity contribution is -0.136. The number of allylic oxidation sites excluding steroid dienone is 3. The number of benzene rings is 1. The van der Waals surface area contributed by atoms with Crippen molar-refractivity contribution in [1.82, 2.24) is 0 Å². The van der Waals surface area contributed by atoms with Crippen LogP contribution in [0.3, 0.4) is 0 Å². The van der Waals surface area contributed by atoms with Crippen molar-refractivity contribution in [2.75, 3.05) is 6.61 Å². The molecule has 0 bridgehead atoms. The Morgan fingerprint density at radius 2 is 2.00 bits per heavy atom. The molecule has 0 heterocycles. The number of ether oxygens (including phenoxy) is 1. The van der Waals surface area contributed by atoms with Crippen LogP contribution in [-0.2, 0) is 4.79 Å². The molecule has 1 aliphatic carbocycles. The van der Waals surface area contributed by atoms with E-state index in [1.807, 2.05) is 6.08 Å². The van der Waals surface area contributed by atoms with E-state index < -0.39 is 24.3 Å². The quantitative estimate of drug-likeness (QED) is 0.341. The number of carboxylic acids is 1. The average molecular weight is 423 g/mol. The Labute approximate surface area is 175 Å². The van der Waals surface area contributed by atoms with Crippen LogP contribution in [0.1, 0.15) is 19.3 Å². The molecule has 1 aliphatic rings. The van der Waals surface area contributed by atoms with Crippen LogP contribution < -0.4 is 4.74 Å². The Morgan fingerprint density at radius 1 is 1.24 bits per heavy atom. The average Bonchev–Trinajstić information content (AvgIpc) is 2.93. The molecule has 4 N–H and O–H groups in total. The predicted molar refractivity (Wildman–Crippen MR) is 111 cm³/mol. The topological polar surface area (TPSA) is 107 Å². The number of halogens is 1. The van der Waals surface area contributed by atoms with E-state index in [0.29, 0.717) is 17.2 Å². The summed E-state index contributed by atoms with van der Waals surface area (Å²) in [5.74, 6) is -0.822. The zero-order valence-corrected chi connectivity index (χ0v) is 16.7. The van der Waals surface area contributed by atoms with E-state index in [4.69, 9.17) is 21.4 Å². The van der Waals surface area contributed by atoms with E-state index in [1.54, 1.807) is 48.6 Å². The molecule has 1 fully saturated rings. The van der Waals surface area contributed by atoms with E-state index >= 15 is 0 Å². The van der Waals surface area contributed by atoms with Gasteiger partial charge in [-0.05, 0) is 30.5 Å². The lowest BCUT2D eigenvalue weighted by Crippen LogP contribution is -2.21. The highest BCUT2D eigenvalue weighted by Crippen LogP contribution is 2.36. The zero-order chi connectivity index (χ0) is 21.2. The summed E-state index contributed by atoms with van der Waals surface area (Å²) in [5, 5.41) is 39.7. The summed E-state index contributed by atoms with van der Waals surface area (Å²) in [6.07, 6.45) is 8.60. The fourth-order valence-corrected chi connectivity index (χ4v) is 3.50.